The average molecular weight is 592 g/mol. The molecule has 3 aliphatic rings. The van der Waals surface area contributed by atoms with Crippen LogP contribution >= 0.6 is 0 Å². The molecule has 44 heavy (non-hydrogen) atoms. The number of carbonyl (C=O) groups is 2. The highest BCUT2D eigenvalue weighted by molar-refractivity contribution is 6.03. The van der Waals surface area contributed by atoms with Crippen LogP contribution in [0.2, 0.25) is 0 Å². The molecule has 2 heterocycles. The number of anilines is 1. The molecule has 2 N–H and O–H groups in total. The molecule has 0 amide bonds. The molecule has 0 fully saturated rings. The third-order valence-corrected chi connectivity index (χ3v) is 9.42. The van der Waals surface area contributed by atoms with Crippen molar-refractivity contribution in [2.45, 2.75) is 65.2 Å². The van der Waals surface area contributed by atoms with Gasteiger partial charge in [-0.1, -0.05) is 58.1 Å². The minimum atomic E-state index is -0.911. The quantitative estimate of drug-likeness (QED) is 0.331. The normalized spacial score (nSPS) is 21.8. The van der Waals surface area contributed by atoms with Gasteiger partial charge in [0.05, 0.1) is 16.5 Å². The highest BCUT2D eigenvalue weighted by Gasteiger charge is 2.43. The first-order valence-electron chi connectivity index (χ1n) is 15.1. The molecule has 0 aromatic heterocycles. The fraction of sp³-hybridized carbons (Fsp3) is 0.342. The van der Waals surface area contributed by atoms with Gasteiger partial charge in [-0.25, -0.2) is 9.59 Å². The Morgan fingerprint density at radius 1 is 0.818 bits per heavy atom. The second kappa shape index (κ2) is 10.9. The van der Waals surface area contributed by atoms with E-state index in [-0.39, 0.29) is 16.2 Å². The Morgan fingerprint density at radius 3 is 2.09 bits per heavy atom. The first kappa shape index (κ1) is 31.0. The third kappa shape index (κ3) is 5.49. The number of hydrogen-bond donors (Lipinski definition) is 2. The van der Waals surface area contributed by atoms with E-state index in [1.165, 1.54) is 11.1 Å². The summed E-state index contributed by atoms with van der Waals surface area (Å²) in [4.78, 5) is 25.3. The van der Waals surface area contributed by atoms with Gasteiger partial charge in [-0.3, -0.25) is 0 Å². The van der Waals surface area contributed by atoms with Crippen molar-refractivity contribution in [3.05, 3.63) is 118 Å². The lowest BCUT2D eigenvalue weighted by molar-refractivity contribution is -0.401. The number of carboxylic acids is 2. The number of rotatable bonds is 6. The molecule has 0 saturated heterocycles. The van der Waals surface area contributed by atoms with Gasteiger partial charge in [-0.15, -0.1) is 0 Å². The number of fused-ring (bicyclic) bond motifs is 2. The Labute approximate surface area is 260 Å². The summed E-state index contributed by atoms with van der Waals surface area (Å²) in [5.41, 5.74) is 9.00. The summed E-state index contributed by atoms with van der Waals surface area (Å²) in [5.74, 6) is -1.82. The Bertz CT molecular complexity index is 1760. The molecule has 2 aliphatic heterocycles. The number of carboxylic acid groups (broad SMARTS) is 2. The number of aromatic carboxylic acids is 2. The van der Waals surface area contributed by atoms with Crippen LogP contribution in [0.15, 0.2) is 95.8 Å². The molecule has 6 heteroatoms. The van der Waals surface area contributed by atoms with E-state index in [0.29, 0.717) is 11.1 Å². The fourth-order valence-electron chi connectivity index (χ4n) is 7.19. The Morgan fingerprint density at radius 2 is 1.43 bits per heavy atom. The van der Waals surface area contributed by atoms with E-state index in [4.69, 9.17) is 0 Å². The molecule has 228 valence electrons. The molecule has 0 atom stereocenters. The van der Waals surface area contributed by atoms with Crippen LogP contribution in [-0.2, 0) is 10.8 Å². The maximum absolute atomic E-state index is 11.6. The van der Waals surface area contributed by atoms with Crippen LogP contribution in [0.4, 0.5) is 11.4 Å². The van der Waals surface area contributed by atoms with E-state index in [1.54, 1.807) is 24.3 Å². The van der Waals surface area contributed by atoms with E-state index in [0.717, 1.165) is 46.8 Å². The molecule has 2 aromatic rings. The predicted molar refractivity (Wildman–Crippen MR) is 178 cm³/mol. The molecule has 6 nitrogen and oxygen atoms in total. The van der Waals surface area contributed by atoms with Crippen LogP contribution < -0.4 is 4.90 Å². The summed E-state index contributed by atoms with van der Waals surface area (Å²) in [7, 11) is 4.07. The van der Waals surface area contributed by atoms with E-state index >= 15 is 0 Å². The molecule has 0 saturated carbocycles. The van der Waals surface area contributed by atoms with E-state index < -0.39 is 11.9 Å². The molecule has 0 unspecified atom stereocenters. The summed E-state index contributed by atoms with van der Waals surface area (Å²) < 4.78 is 2.15. The maximum atomic E-state index is 11.6. The molecule has 0 spiro atoms. The van der Waals surface area contributed by atoms with Gasteiger partial charge in [-0.2, -0.15) is 4.58 Å². The van der Waals surface area contributed by atoms with Crippen LogP contribution in [0, 0.1) is 5.41 Å². The molecule has 0 bridgehead atoms. The number of benzene rings is 2. The summed E-state index contributed by atoms with van der Waals surface area (Å²) in [6.45, 7) is 13.2. The largest absolute Gasteiger partial charge is 0.478 e. The topological polar surface area (TPSA) is 80.8 Å². The van der Waals surface area contributed by atoms with Crippen LogP contribution in [0.1, 0.15) is 86.2 Å². The highest BCUT2D eigenvalue weighted by atomic mass is 16.4. The lowest BCUT2D eigenvalue weighted by atomic mass is 9.75. The monoisotopic (exact) mass is 591 g/mol. The Hall–Kier alpha value is -4.45. The molecular formula is C38H43N2O4+. The lowest BCUT2D eigenvalue weighted by Gasteiger charge is -2.30. The second-order valence-electron chi connectivity index (χ2n) is 14.1. The van der Waals surface area contributed by atoms with Crippen LogP contribution in [0.5, 0.6) is 0 Å². The van der Waals surface area contributed by atoms with Gasteiger partial charge in [0.1, 0.15) is 7.05 Å². The van der Waals surface area contributed by atoms with Crippen molar-refractivity contribution in [1.29, 1.82) is 0 Å². The van der Waals surface area contributed by atoms with Crippen molar-refractivity contribution in [3.63, 3.8) is 0 Å². The number of nitrogens with zero attached hydrogens (tertiary/aromatic N) is 2. The zero-order valence-corrected chi connectivity index (χ0v) is 27.0. The number of hydrogen-bond acceptors (Lipinski definition) is 3. The van der Waals surface area contributed by atoms with E-state index in [2.05, 4.69) is 93.5 Å². The Kier molecular flexibility index (Phi) is 7.69. The van der Waals surface area contributed by atoms with Crippen LogP contribution in [-0.4, -0.2) is 46.5 Å². The third-order valence-electron chi connectivity index (χ3n) is 9.42. The zero-order valence-electron chi connectivity index (χ0n) is 27.0. The first-order valence-corrected chi connectivity index (χ1v) is 15.1. The van der Waals surface area contributed by atoms with Gasteiger partial charge < -0.3 is 15.1 Å². The van der Waals surface area contributed by atoms with Gasteiger partial charge >= 0.3 is 11.9 Å². The zero-order chi connectivity index (χ0) is 32.2. The Balaban J connectivity index is 1.39. The first-order chi connectivity index (χ1) is 20.5. The minimum absolute atomic E-state index is 0.119. The lowest BCUT2D eigenvalue weighted by Crippen LogP contribution is -2.26. The summed E-state index contributed by atoms with van der Waals surface area (Å²) in [5, 5.41) is 19.0. The molecule has 2 aromatic carbocycles. The number of allylic oxidation sites excluding steroid dienone is 10. The molecular weight excluding hydrogens is 548 g/mol. The molecule has 5 rings (SSSR count). The standard InChI is InChI=1S/C38H42N2O4/c1-36(2)22-24(11-9-13-32-37(3,4)28-20-26(34(41)42)15-17-30(28)39(32)7)19-25(23-36)12-10-14-33-38(5,6)29-21-27(35(43)44)16-18-31(29)40(33)8/h9-21H,22-23H2,1-8H3,(H-,41,42,43,44)/p+1. The molecule has 1 aliphatic carbocycles. The van der Waals surface area contributed by atoms with Gasteiger partial charge in [0.15, 0.2) is 5.71 Å². The van der Waals surface area contributed by atoms with Crippen molar-refractivity contribution in [1.82, 2.24) is 0 Å². The van der Waals surface area contributed by atoms with Crippen LogP contribution in [0.25, 0.3) is 0 Å². The number of likely N-dealkylation sites (N-methyl/N-ethyl adjacent to an activating group) is 1. The summed E-state index contributed by atoms with van der Waals surface area (Å²) >= 11 is 0. The van der Waals surface area contributed by atoms with Crippen molar-refractivity contribution in [3.8, 4) is 0 Å². The highest BCUT2D eigenvalue weighted by Crippen LogP contribution is 2.47. The van der Waals surface area contributed by atoms with Gasteiger partial charge in [0, 0.05) is 41.6 Å². The van der Waals surface area contributed by atoms with E-state index in [9.17, 15) is 19.8 Å². The minimum Gasteiger partial charge on any atom is -0.478 e. The van der Waals surface area contributed by atoms with Gasteiger partial charge in [0.2, 0.25) is 5.69 Å². The van der Waals surface area contributed by atoms with Gasteiger partial charge in [-0.05, 0) is 85.2 Å². The van der Waals surface area contributed by atoms with Crippen LogP contribution in [0.3, 0.4) is 0 Å². The predicted octanol–water partition coefficient (Wildman–Crippen LogP) is 8.19. The summed E-state index contributed by atoms with van der Waals surface area (Å²) in [6, 6.07) is 10.7. The van der Waals surface area contributed by atoms with Crippen molar-refractivity contribution in [2.75, 3.05) is 19.0 Å². The van der Waals surface area contributed by atoms with E-state index in [1.807, 2.05) is 26.2 Å². The summed E-state index contributed by atoms with van der Waals surface area (Å²) in [6.07, 6.45) is 17.2. The van der Waals surface area contributed by atoms with Crippen molar-refractivity contribution >= 4 is 29.0 Å². The smallest absolute Gasteiger partial charge is 0.335 e. The molecule has 0 radical (unpaired) electrons. The second-order valence-corrected chi connectivity index (χ2v) is 14.1. The van der Waals surface area contributed by atoms with Crippen molar-refractivity contribution in [2.24, 2.45) is 5.41 Å². The maximum Gasteiger partial charge on any atom is 0.335 e. The SMILES string of the molecule is CN1/C(=C/C=C/C2=CC(=C/C=C/C3=[N+](C)c4ccc(C(=O)O)cc4C3(C)C)/CC(C)(C)C2)C(C)(C)c2cc(C(=O)O)ccc21. The van der Waals surface area contributed by atoms with Gasteiger partial charge in [0.25, 0.3) is 0 Å². The fourth-order valence-corrected chi connectivity index (χ4v) is 7.19. The van der Waals surface area contributed by atoms with Crippen molar-refractivity contribution < 1.29 is 24.4 Å². The average Bonchev–Trinajstić information content (AvgIpc) is 3.25.